The highest BCUT2D eigenvalue weighted by Crippen LogP contribution is 2.38. The number of fused-ring (bicyclic) bond motifs is 2. The Labute approximate surface area is 182 Å². The van der Waals surface area contributed by atoms with E-state index in [0.717, 1.165) is 23.9 Å². The van der Waals surface area contributed by atoms with Crippen LogP contribution in [0.1, 0.15) is 25.8 Å². The molecule has 0 saturated carbocycles. The van der Waals surface area contributed by atoms with Gasteiger partial charge in [-0.25, -0.2) is 19.3 Å². The number of aromatic nitrogens is 4. The third-order valence-electron chi connectivity index (χ3n) is 5.90. The number of hydrogen-bond acceptors (Lipinski definition) is 6. The Morgan fingerprint density at radius 1 is 1.19 bits per heavy atom. The van der Waals surface area contributed by atoms with Crippen LogP contribution in [-0.2, 0) is 0 Å². The van der Waals surface area contributed by atoms with E-state index < -0.39 is 5.82 Å². The predicted octanol–water partition coefficient (Wildman–Crippen LogP) is 4.67. The lowest BCUT2D eigenvalue weighted by Crippen LogP contribution is -2.08. The second-order valence-corrected chi connectivity index (χ2v) is 8.08. The Morgan fingerprint density at radius 3 is 2.87 bits per heavy atom. The third-order valence-corrected chi connectivity index (χ3v) is 6.21. The summed E-state index contributed by atoms with van der Waals surface area (Å²) in [4.78, 5) is 12.6. The number of rotatable bonds is 4. The van der Waals surface area contributed by atoms with Gasteiger partial charge in [0.2, 0.25) is 0 Å². The summed E-state index contributed by atoms with van der Waals surface area (Å²) in [5.74, 6) is 0.579. The summed E-state index contributed by atoms with van der Waals surface area (Å²) < 4.78 is 22.6. The van der Waals surface area contributed by atoms with Crippen molar-refractivity contribution in [2.24, 2.45) is 0 Å². The van der Waals surface area contributed by atoms with Crippen molar-refractivity contribution in [3.8, 4) is 5.75 Å². The minimum atomic E-state index is -0.451. The second-order valence-electron chi connectivity index (χ2n) is 7.68. The van der Waals surface area contributed by atoms with Gasteiger partial charge in [-0.05, 0) is 43.0 Å². The van der Waals surface area contributed by atoms with Gasteiger partial charge in [0.05, 0.1) is 22.0 Å². The minimum absolute atomic E-state index is 0.159. The molecule has 0 radical (unpaired) electrons. The van der Waals surface area contributed by atoms with Crippen LogP contribution < -0.4 is 16.2 Å². The molecule has 5 rings (SSSR count). The molecule has 4 aromatic rings. The molecule has 3 aromatic heterocycles. The maximum Gasteiger partial charge on any atom is 0.146 e. The third kappa shape index (κ3) is 3.33. The zero-order valence-corrected chi connectivity index (χ0v) is 17.5. The van der Waals surface area contributed by atoms with E-state index in [1.165, 1.54) is 29.6 Å². The van der Waals surface area contributed by atoms with Gasteiger partial charge in [0.1, 0.15) is 41.8 Å². The minimum Gasteiger partial charge on any atom is -0.489 e. The topological polar surface area (TPSA) is 105 Å². The molecule has 1 atom stereocenters. The first-order valence-electron chi connectivity index (χ1n) is 9.86. The van der Waals surface area contributed by atoms with E-state index >= 15 is 0 Å². The van der Waals surface area contributed by atoms with E-state index in [1.54, 1.807) is 6.07 Å². The standard InChI is InChI=1S/C22H20ClFN6O/c1-11-12(2-3-19(11)30-5-4-14-20(25)27-10-28-22(14)30)9-31-13-6-17(24)15-8-16(23)21(26)29-18(15)7-13/h4-8,10,19H,2-3,9H2,1H3,(H2,26,29)(H2,25,27,28). The highest BCUT2D eigenvalue weighted by molar-refractivity contribution is 6.33. The number of anilines is 2. The first kappa shape index (κ1) is 19.6. The summed E-state index contributed by atoms with van der Waals surface area (Å²) in [7, 11) is 0. The molecule has 1 aromatic carbocycles. The molecule has 1 unspecified atom stereocenters. The molecule has 0 saturated heterocycles. The molecule has 4 N–H and O–H groups in total. The van der Waals surface area contributed by atoms with Crippen molar-refractivity contribution in [1.29, 1.82) is 0 Å². The molecule has 1 aliphatic rings. The molecule has 0 bridgehead atoms. The average Bonchev–Trinajstić information content (AvgIpc) is 3.32. The van der Waals surface area contributed by atoms with Crippen LogP contribution in [0.5, 0.6) is 5.75 Å². The molecular weight excluding hydrogens is 419 g/mol. The Hall–Kier alpha value is -3.39. The molecule has 0 fully saturated rings. The fraction of sp³-hybridized carbons (Fsp3) is 0.227. The van der Waals surface area contributed by atoms with Gasteiger partial charge in [-0.15, -0.1) is 0 Å². The van der Waals surface area contributed by atoms with Gasteiger partial charge >= 0.3 is 0 Å². The van der Waals surface area contributed by atoms with Crippen LogP contribution in [0.25, 0.3) is 21.9 Å². The number of pyridine rings is 1. The monoisotopic (exact) mass is 438 g/mol. The number of ether oxygens (including phenoxy) is 1. The van der Waals surface area contributed by atoms with E-state index in [2.05, 4.69) is 26.4 Å². The van der Waals surface area contributed by atoms with Crippen molar-refractivity contribution in [3.05, 3.63) is 58.8 Å². The van der Waals surface area contributed by atoms with Crippen molar-refractivity contribution < 1.29 is 9.13 Å². The molecular formula is C22H20ClFN6O. The van der Waals surface area contributed by atoms with E-state index in [9.17, 15) is 4.39 Å². The van der Waals surface area contributed by atoms with Crippen molar-refractivity contribution in [2.45, 2.75) is 25.8 Å². The van der Waals surface area contributed by atoms with Crippen LogP contribution in [0.15, 0.2) is 47.9 Å². The van der Waals surface area contributed by atoms with Crippen molar-refractivity contribution in [3.63, 3.8) is 0 Å². The normalized spacial score (nSPS) is 16.5. The maximum atomic E-state index is 14.5. The van der Waals surface area contributed by atoms with Gasteiger partial charge in [0.15, 0.2) is 0 Å². The van der Waals surface area contributed by atoms with Crippen LogP contribution in [-0.4, -0.2) is 26.1 Å². The molecule has 0 spiro atoms. The number of nitrogen functional groups attached to an aromatic ring is 2. The summed E-state index contributed by atoms with van der Waals surface area (Å²) in [5, 5.41) is 1.38. The Balaban J connectivity index is 1.40. The molecule has 3 heterocycles. The highest BCUT2D eigenvalue weighted by Gasteiger charge is 2.25. The largest absolute Gasteiger partial charge is 0.489 e. The molecule has 0 amide bonds. The van der Waals surface area contributed by atoms with Gasteiger partial charge in [0.25, 0.3) is 0 Å². The summed E-state index contributed by atoms with van der Waals surface area (Å²) in [6.07, 6.45) is 5.29. The van der Waals surface area contributed by atoms with Crippen LogP contribution in [0, 0.1) is 5.82 Å². The van der Waals surface area contributed by atoms with Gasteiger partial charge in [0, 0.05) is 23.7 Å². The van der Waals surface area contributed by atoms with Gasteiger partial charge in [-0.2, -0.15) is 0 Å². The molecule has 31 heavy (non-hydrogen) atoms. The zero-order valence-electron chi connectivity index (χ0n) is 16.8. The van der Waals surface area contributed by atoms with E-state index in [0.29, 0.717) is 29.1 Å². The molecule has 158 valence electrons. The van der Waals surface area contributed by atoms with Crippen molar-refractivity contribution >= 4 is 45.2 Å². The summed E-state index contributed by atoms with van der Waals surface area (Å²) in [6, 6.07) is 6.60. The first-order chi connectivity index (χ1) is 14.9. The van der Waals surface area contributed by atoms with Gasteiger partial charge in [-0.1, -0.05) is 11.6 Å². The van der Waals surface area contributed by atoms with Gasteiger partial charge in [-0.3, -0.25) is 0 Å². The van der Waals surface area contributed by atoms with Crippen molar-refractivity contribution in [2.75, 3.05) is 18.1 Å². The quantitative estimate of drug-likeness (QED) is 0.449. The Kier molecular flexibility index (Phi) is 4.66. The molecule has 1 aliphatic carbocycles. The van der Waals surface area contributed by atoms with E-state index in [1.807, 2.05) is 12.3 Å². The smallest absolute Gasteiger partial charge is 0.146 e. The van der Waals surface area contributed by atoms with Crippen LogP contribution in [0.4, 0.5) is 16.0 Å². The fourth-order valence-corrected chi connectivity index (χ4v) is 4.34. The number of halogens is 2. The number of hydrogen-bond donors (Lipinski definition) is 2. The number of benzene rings is 1. The molecule has 0 aliphatic heterocycles. The molecule has 9 heteroatoms. The number of nitrogens with two attached hydrogens (primary N) is 2. The average molecular weight is 439 g/mol. The second kappa shape index (κ2) is 7.39. The predicted molar refractivity (Wildman–Crippen MR) is 120 cm³/mol. The Morgan fingerprint density at radius 2 is 2.03 bits per heavy atom. The number of allylic oxidation sites excluding steroid dienone is 1. The van der Waals surface area contributed by atoms with E-state index in [-0.39, 0.29) is 16.9 Å². The summed E-state index contributed by atoms with van der Waals surface area (Å²) in [6.45, 7) is 2.46. The Bertz CT molecular complexity index is 1370. The van der Waals surface area contributed by atoms with Crippen LogP contribution >= 0.6 is 11.6 Å². The summed E-state index contributed by atoms with van der Waals surface area (Å²) >= 11 is 5.96. The lowest BCUT2D eigenvalue weighted by atomic mass is 10.1. The van der Waals surface area contributed by atoms with E-state index in [4.69, 9.17) is 27.8 Å². The molecule has 7 nitrogen and oxygen atoms in total. The van der Waals surface area contributed by atoms with Crippen LogP contribution in [0.3, 0.4) is 0 Å². The van der Waals surface area contributed by atoms with Crippen LogP contribution in [0.2, 0.25) is 5.02 Å². The first-order valence-corrected chi connectivity index (χ1v) is 10.2. The maximum absolute atomic E-state index is 14.5. The fourth-order valence-electron chi connectivity index (χ4n) is 4.19. The number of nitrogens with zero attached hydrogens (tertiary/aromatic N) is 4. The van der Waals surface area contributed by atoms with Gasteiger partial charge < -0.3 is 20.8 Å². The van der Waals surface area contributed by atoms with Crippen molar-refractivity contribution in [1.82, 2.24) is 19.5 Å². The zero-order chi connectivity index (χ0) is 21.7. The lowest BCUT2D eigenvalue weighted by Gasteiger charge is -2.16. The highest BCUT2D eigenvalue weighted by atomic mass is 35.5. The lowest BCUT2D eigenvalue weighted by molar-refractivity contribution is 0.347. The summed E-state index contributed by atoms with van der Waals surface area (Å²) in [5.41, 5.74) is 15.3. The SMILES string of the molecule is CC1=C(COc2cc(F)c3cc(Cl)c(N)nc3c2)CCC1n1ccc2c(N)ncnc21.